The second kappa shape index (κ2) is 5.64. The molecule has 21 heavy (non-hydrogen) atoms. The fourth-order valence-corrected chi connectivity index (χ4v) is 3.29. The van der Waals surface area contributed by atoms with Crippen molar-refractivity contribution >= 4 is 15.9 Å². The van der Waals surface area contributed by atoms with Gasteiger partial charge in [-0.15, -0.1) is 0 Å². The molecule has 0 spiro atoms. The Bertz CT molecular complexity index is 643. The Hall–Kier alpha value is -1.61. The Kier molecular flexibility index (Phi) is 4.69. The molecule has 118 valence electrons. The molecule has 0 aliphatic rings. The first kappa shape index (κ1) is 17.4. The lowest BCUT2D eigenvalue weighted by Crippen LogP contribution is -2.54. The molecule has 1 rings (SSSR count). The van der Waals surface area contributed by atoms with Gasteiger partial charge in [0.2, 0.25) is 10.0 Å². The van der Waals surface area contributed by atoms with Gasteiger partial charge >= 0.3 is 6.18 Å². The summed E-state index contributed by atoms with van der Waals surface area (Å²) < 4.78 is 65.2. The molecule has 0 fully saturated rings. The van der Waals surface area contributed by atoms with Crippen molar-refractivity contribution in [1.82, 2.24) is 4.72 Å². The number of halogens is 3. The van der Waals surface area contributed by atoms with Crippen LogP contribution in [0.15, 0.2) is 29.2 Å². The standard InChI is InChI=1S/C12H16F3N3O2S/c1-3-11(2,10(16)17)18-21(19,20)9-7-5-4-6-8(9)12(13,14)15/h4-7,18H,3H2,1-2H3,(H3,16,17). The van der Waals surface area contributed by atoms with Crippen molar-refractivity contribution in [3.8, 4) is 0 Å². The average Bonchev–Trinajstić information content (AvgIpc) is 2.37. The molecule has 0 heterocycles. The second-order valence-electron chi connectivity index (χ2n) is 4.70. The molecule has 0 aromatic heterocycles. The summed E-state index contributed by atoms with van der Waals surface area (Å²) in [7, 11) is -4.48. The lowest BCUT2D eigenvalue weighted by atomic mass is 10.00. The summed E-state index contributed by atoms with van der Waals surface area (Å²) in [6.07, 6.45) is -4.68. The van der Waals surface area contributed by atoms with E-state index < -0.39 is 38.0 Å². The number of benzene rings is 1. The highest BCUT2D eigenvalue weighted by molar-refractivity contribution is 7.89. The SMILES string of the molecule is CCC(C)(NS(=O)(=O)c1ccccc1C(F)(F)F)C(=N)N. The molecule has 9 heteroatoms. The molecule has 0 aliphatic carbocycles. The Labute approximate surface area is 120 Å². The third kappa shape index (κ3) is 3.73. The molecule has 1 aromatic carbocycles. The van der Waals surface area contributed by atoms with Crippen LogP contribution in [0.3, 0.4) is 0 Å². The topological polar surface area (TPSA) is 96.0 Å². The Morgan fingerprint density at radius 2 is 1.86 bits per heavy atom. The van der Waals surface area contributed by atoms with Crippen molar-refractivity contribution in [2.24, 2.45) is 5.73 Å². The number of hydrogen-bond donors (Lipinski definition) is 3. The molecule has 0 saturated heterocycles. The van der Waals surface area contributed by atoms with E-state index in [-0.39, 0.29) is 6.42 Å². The van der Waals surface area contributed by atoms with Gasteiger partial charge < -0.3 is 5.73 Å². The van der Waals surface area contributed by atoms with E-state index in [2.05, 4.69) is 4.72 Å². The van der Waals surface area contributed by atoms with Crippen LogP contribution in [0.25, 0.3) is 0 Å². The zero-order chi connectivity index (χ0) is 16.5. The average molecular weight is 323 g/mol. The molecule has 5 nitrogen and oxygen atoms in total. The highest BCUT2D eigenvalue weighted by Crippen LogP contribution is 2.34. The Morgan fingerprint density at radius 1 is 1.33 bits per heavy atom. The number of nitrogens with two attached hydrogens (primary N) is 1. The zero-order valence-electron chi connectivity index (χ0n) is 11.5. The van der Waals surface area contributed by atoms with Crippen molar-refractivity contribution < 1.29 is 21.6 Å². The summed E-state index contributed by atoms with van der Waals surface area (Å²) in [5, 5.41) is 7.40. The van der Waals surface area contributed by atoms with Crippen LogP contribution in [-0.4, -0.2) is 19.8 Å². The van der Waals surface area contributed by atoms with Gasteiger partial charge in [-0.25, -0.2) is 8.42 Å². The summed E-state index contributed by atoms with van der Waals surface area (Å²) >= 11 is 0. The fourth-order valence-electron chi connectivity index (χ4n) is 1.60. The molecular formula is C12H16F3N3O2S. The molecule has 4 N–H and O–H groups in total. The molecule has 0 saturated carbocycles. The smallest absolute Gasteiger partial charge is 0.386 e. The van der Waals surface area contributed by atoms with Crippen molar-refractivity contribution in [1.29, 1.82) is 5.41 Å². The van der Waals surface area contributed by atoms with Gasteiger partial charge in [-0.05, 0) is 25.5 Å². The minimum Gasteiger partial charge on any atom is -0.386 e. The summed E-state index contributed by atoms with van der Waals surface area (Å²) in [5.74, 6) is -0.474. The van der Waals surface area contributed by atoms with Crippen LogP contribution >= 0.6 is 0 Å². The van der Waals surface area contributed by atoms with Crippen LogP contribution in [0.5, 0.6) is 0 Å². The van der Waals surface area contributed by atoms with Crippen LogP contribution in [-0.2, 0) is 16.2 Å². The molecule has 0 amide bonds. The van der Waals surface area contributed by atoms with Crippen LogP contribution in [0.2, 0.25) is 0 Å². The van der Waals surface area contributed by atoms with Crippen molar-refractivity contribution in [3.05, 3.63) is 29.8 Å². The summed E-state index contributed by atoms with van der Waals surface area (Å²) in [5.41, 5.74) is 2.61. The quantitative estimate of drug-likeness (QED) is 0.572. The molecule has 1 atom stereocenters. The van der Waals surface area contributed by atoms with Gasteiger partial charge in [0, 0.05) is 0 Å². The minimum atomic E-state index is -4.80. The van der Waals surface area contributed by atoms with Crippen molar-refractivity contribution in [2.75, 3.05) is 0 Å². The van der Waals surface area contributed by atoms with E-state index >= 15 is 0 Å². The molecule has 0 bridgehead atoms. The number of alkyl halides is 3. The summed E-state index contributed by atoms with van der Waals surface area (Å²) in [4.78, 5) is -0.890. The Morgan fingerprint density at radius 3 is 2.29 bits per heavy atom. The molecule has 0 aliphatic heterocycles. The number of amidine groups is 1. The predicted octanol–water partition coefficient (Wildman–Crippen LogP) is 2.09. The summed E-state index contributed by atoms with van der Waals surface area (Å²) in [6, 6.07) is 3.85. The summed E-state index contributed by atoms with van der Waals surface area (Å²) in [6.45, 7) is 2.91. The monoisotopic (exact) mass is 323 g/mol. The van der Waals surface area contributed by atoms with Gasteiger partial charge in [0.25, 0.3) is 0 Å². The number of sulfonamides is 1. The Balaban J connectivity index is 3.37. The highest BCUT2D eigenvalue weighted by atomic mass is 32.2. The normalized spacial score (nSPS) is 15.5. The van der Waals surface area contributed by atoms with E-state index in [4.69, 9.17) is 11.1 Å². The second-order valence-corrected chi connectivity index (χ2v) is 6.35. The van der Waals surface area contributed by atoms with Crippen LogP contribution in [0.1, 0.15) is 25.8 Å². The first-order chi connectivity index (χ1) is 9.44. The maximum atomic E-state index is 12.9. The number of rotatable bonds is 5. The maximum absolute atomic E-state index is 12.9. The van der Waals surface area contributed by atoms with Gasteiger partial charge in [0.1, 0.15) is 5.84 Å². The zero-order valence-corrected chi connectivity index (χ0v) is 12.3. The molecule has 0 radical (unpaired) electrons. The molecular weight excluding hydrogens is 307 g/mol. The third-order valence-electron chi connectivity index (χ3n) is 3.14. The van der Waals surface area contributed by atoms with Gasteiger partial charge in [-0.2, -0.15) is 17.9 Å². The lowest BCUT2D eigenvalue weighted by Gasteiger charge is -2.28. The largest absolute Gasteiger partial charge is 0.417 e. The molecule has 1 unspecified atom stereocenters. The van der Waals surface area contributed by atoms with E-state index in [1.165, 1.54) is 13.0 Å². The minimum absolute atomic E-state index is 0.121. The maximum Gasteiger partial charge on any atom is 0.417 e. The van der Waals surface area contributed by atoms with E-state index in [9.17, 15) is 21.6 Å². The van der Waals surface area contributed by atoms with Crippen LogP contribution in [0.4, 0.5) is 13.2 Å². The third-order valence-corrected chi connectivity index (χ3v) is 4.80. The van der Waals surface area contributed by atoms with Crippen LogP contribution in [0, 0.1) is 5.41 Å². The van der Waals surface area contributed by atoms with E-state index in [1.807, 2.05) is 0 Å². The first-order valence-electron chi connectivity index (χ1n) is 5.99. The van der Waals surface area contributed by atoms with Crippen LogP contribution < -0.4 is 10.5 Å². The molecule has 1 aromatic rings. The van der Waals surface area contributed by atoms with Crippen molar-refractivity contribution in [3.63, 3.8) is 0 Å². The van der Waals surface area contributed by atoms with E-state index in [0.717, 1.165) is 12.1 Å². The first-order valence-corrected chi connectivity index (χ1v) is 7.47. The van der Waals surface area contributed by atoms with Gasteiger partial charge in [0.15, 0.2) is 0 Å². The van der Waals surface area contributed by atoms with Gasteiger partial charge in [0.05, 0.1) is 16.0 Å². The fraction of sp³-hybridized carbons (Fsp3) is 0.417. The highest BCUT2D eigenvalue weighted by Gasteiger charge is 2.39. The van der Waals surface area contributed by atoms with E-state index in [0.29, 0.717) is 6.07 Å². The van der Waals surface area contributed by atoms with E-state index in [1.54, 1.807) is 6.92 Å². The van der Waals surface area contributed by atoms with Gasteiger partial charge in [-0.3, -0.25) is 5.41 Å². The predicted molar refractivity (Wildman–Crippen MR) is 72.4 cm³/mol. The number of hydrogen-bond acceptors (Lipinski definition) is 3. The lowest BCUT2D eigenvalue weighted by molar-refractivity contribution is -0.139. The number of nitrogens with one attached hydrogen (secondary N) is 2. The van der Waals surface area contributed by atoms with Crippen molar-refractivity contribution in [2.45, 2.75) is 36.9 Å². The van der Waals surface area contributed by atoms with Gasteiger partial charge in [-0.1, -0.05) is 19.1 Å².